The number of amides is 1. The number of ether oxygens (including phenoxy) is 1. The second kappa shape index (κ2) is 10.3. The standard InChI is InChI=1S/C29H24N2O4S/c1-2-19-18-36-28-24(30-17-22-15-9-10-16-23(22)32)27(33)31(28)25(19)29(34)35-26(20-11-5-3-6-12-20)21-13-7-4-8-14-21/h2-17,24,26,28,32H,1,18H2/b30-17+/t24?,28-/m1/s1. The van der Waals surface area contributed by atoms with Crippen LogP contribution in [0.5, 0.6) is 5.75 Å². The molecule has 1 unspecified atom stereocenters. The molecule has 3 aromatic rings. The number of aromatic hydroxyl groups is 1. The van der Waals surface area contributed by atoms with Crippen molar-refractivity contribution in [1.29, 1.82) is 0 Å². The fourth-order valence-corrected chi connectivity index (χ4v) is 5.61. The van der Waals surface area contributed by atoms with Crippen LogP contribution >= 0.6 is 11.8 Å². The Kier molecular flexibility index (Phi) is 6.73. The molecule has 2 atom stereocenters. The molecule has 3 aromatic carbocycles. The average molecular weight is 497 g/mol. The molecule has 36 heavy (non-hydrogen) atoms. The van der Waals surface area contributed by atoms with E-state index in [2.05, 4.69) is 11.6 Å². The molecule has 5 rings (SSSR count). The van der Waals surface area contributed by atoms with Crippen molar-refractivity contribution in [2.75, 3.05) is 5.75 Å². The summed E-state index contributed by atoms with van der Waals surface area (Å²) in [6.45, 7) is 3.85. The van der Waals surface area contributed by atoms with E-state index in [1.165, 1.54) is 22.9 Å². The number of phenols is 1. The van der Waals surface area contributed by atoms with E-state index < -0.39 is 18.1 Å². The zero-order valence-corrected chi connectivity index (χ0v) is 20.2. The van der Waals surface area contributed by atoms with E-state index in [4.69, 9.17) is 4.74 Å². The van der Waals surface area contributed by atoms with Crippen LogP contribution in [0, 0.1) is 0 Å². The van der Waals surface area contributed by atoms with Gasteiger partial charge >= 0.3 is 5.97 Å². The first-order valence-electron chi connectivity index (χ1n) is 11.5. The molecule has 0 saturated carbocycles. The van der Waals surface area contributed by atoms with Crippen molar-refractivity contribution < 1.29 is 19.4 Å². The summed E-state index contributed by atoms with van der Waals surface area (Å²) in [4.78, 5) is 32.6. The summed E-state index contributed by atoms with van der Waals surface area (Å²) in [6.07, 6.45) is 2.48. The molecule has 1 N–H and O–H groups in total. The Labute approximate surface area is 213 Å². The number of aliphatic imine (C=N–C) groups is 1. The van der Waals surface area contributed by atoms with Crippen LogP contribution in [0.15, 0.2) is 114 Å². The Balaban J connectivity index is 1.41. The third-order valence-corrected chi connectivity index (χ3v) is 7.44. The maximum Gasteiger partial charge on any atom is 0.356 e. The van der Waals surface area contributed by atoms with E-state index in [0.29, 0.717) is 16.9 Å². The number of carbonyl (C=O) groups is 2. The SMILES string of the molecule is C=CC1=C(C(=O)OC(c2ccccc2)c2ccccc2)N2C(=O)C(/N=C/c3ccccc3O)[C@H]2SC1. The molecule has 0 aromatic heterocycles. The number of benzene rings is 3. The highest BCUT2D eigenvalue weighted by molar-refractivity contribution is 8.00. The van der Waals surface area contributed by atoms with Crippen molar-refractivity contribution in [3.05, 3.63) is 126 Å². The van der Waals surface area contributed by atoms with Crippen molar-refractivity contribution in [2.45, 2.75) is 17.5 Å². The lowest BCUT2D eigenvalue weighted by molar-refractivity contribution is -0.152. The molecule has 0 radical (unpaired) electrons. The number of β-lactam (4-membered cyclic amide) rings is 1. The van der Waals surface area contributed by atoms with Gasteiger partial charge in [0.1, 0.15) is 16.8 Å². The van der Waals surface area contributed by atoms with Gasteiger partial charge in [0.2, 0.25) is 0 Å². The van der Waals surface area contributed by atoms with Crippen LogP contribution in [0.3, 0.4) is 0 Å². The molecule has 6 nitrogen and oxygen atoms in total. The summed E-state index contributed by atoms with van der Waals surface area (Å²) < 4.78 is 6.06. The van der Waals surface area contributed by atoms with Crippen LogP contribution in [-0.4, -0.2) is 45.3 Å². The van der Waals surface area contributed by atoms with Crippen molar-refractivity contribution in [1.82, 2.24) is 4.90 Å². The number of para-hydroxylation sites is 1. The van der Waals surface area contributed by atoms with Crippen LogP contribution in [0.4, 0.5) is 0 Å². The first kappa shape index (κ1) is 23.6. The normalized spacial score (nSPS) is 19.2. The van der Waals surface area contributed by atoms with Gasteiger partial charge in [-0.05, 0) is 28.8 Å². The minimum absolute atomic E-state index is 0.0900. The highest BCUT2D eigenvalue weighted by atomic mass is 32.2. The Morgan fingerprint density at radius 2 is 1.64 bits per heavy atom. The van der Waals surface area contributed by atoms with Gasteiger partial charge in [-0.3, -0.25) is 14.7 Å². The number of carbonyl (C=O) groups excluding carboxylic acids is 2. The van der Waals surface area contributed by atoms with E-state index in [0.717, 1.165) is 11.1 Å². The van der Waals surface area contributed by atoms with Gasteiger partial charge in [-0.25, -0.2) is 4.79 Å². The van der Waals surface area contributed by atoms with E-state index in [1.54, 1.807) is 30.3 Å². The monoisotopic (exact) mass is 496 g/mol. The predicted molar refractivity (Wildman–Crippen MR) is 141 cm³/mol. The Morgan fingerprint density at radius 1 is 1.03 bits per heavy atom. The lowest BCUT2D eigenvalue weighted by Gasteiger charge is -2.48. The Bertz CT molecular complexity index is 1310. The maximum absolute atomic E-state index is 13.6. The molecule has 0 bridgehead atoms. The van der Waals surface area contributed by atoms with Gasteiger partial charge in [-0.2, -0.15) is 0 Å². The van der Waals surface area contributed by atoms with E-state index >= 15 is 0 Å². The summed E-state index contributed by atoms with van der Waals surface area (Å²) in [7, 11) is 0. The van der Waals surface area contributed by atoms with Gasteiger partial charge in [0.05, 0.1) is 0 Å². The summed E-state index contributed by atoms with van der Waals surface area (Å²) in [5.41, 5.74) is 3.06. The molecule has 1 saturated heterocycles. The van der Waals surface area contributed by atoms with Gasteiger partial charge < -0.3 is 9.84 Å². The number of rotatable bonds is 7. The van der Waals surface area contributed by atoms with E-state index in [9.17, 15) is 14.7 Å². The second-order valence-electron chi connectivity index (χ2n) is 8.38. The fourth-order valence-electron chi connectivity index (χ4n) is 4.28. The molecule has 2 heterocycles. The molecule has 2 aliphatic rings. The lowest BCUT2D eigenvalue weighted by atomic mass is 10.0. The van der Waals surface area contributed by atoms with Crippen LogP contribution in [0.25, 0.3) is 0 Å². The van der Waals surface area contributed by atoms with Crippen LogP contribution in [0.2, 0.25) is 0 Å². The Morgan fingerprint density at radius 3 is 2.25 bits per heavy atom. The number of fused-ring (bicyclic) bond motifs is 1. The minimum Gasteiger partial charge on any atom is -0.507 e. The molecule has 1 fully saturated rings. The summed E-state index contributed by atoms with van der Waals surface area (Å²) in [5, 5.41) is 9.66. The number of esters is 1. The van der Waals surface area contributed by atoms with Gasteiger partial charge in [-0.1, -0.05) is 85.5 Å². The van der Waals surface area contributed by atoms with E-state index in [1.807, 2.05) is 60.7 Å². The first-order chi connectivity index (χ1) is 17.6. The molecule has 2 aliphatic heterocycles. The number of phenolic OH excluding ortho intramolecular Hbond substituents is 1. The van der Waals surface area contributed by atoms with Crippen molar-refractivity contribution in [2.24, 2.45) is 4.99 Å². The van der Waals surface area contributed by atoms with Crippen LogP contribution < -0.4 is 0 Å². The highest BCUT2D eigenvalue weighted by Gasteiger charge is 2.53. The molecule has 180 valence electrons. The molecular formula is C29H24N2O4S. The summed E-state index contributed by atoms with van der Waals surface area (Å²) in [5.74, 6) is -0.274. The fraction of sp³-hybridized carbons (Fsp3) is 0.138. The lowest BCUT2D eigenvalue weighted by Crippen LogP contribution is -2.64. The van der Waals surface area contributed by atoms with Gasteiger partial charge in [0.25, 0.3) is 5.91 Å². The number of allylic oxidation sites excluding steroid dienone is 1. The summed E-state index contributed by atoms with van der Waals surface area (Å²) >= 11 is 1.52. The average Bonchev–Trinajstić information content (AvgIpc) is 2.92. The topological polar surface area (TPSA) is 79.2 Å². The van der Waals surface area contributed by atoms with Crippen molar-refractivity contribution in [3.8, 4) is 5.75 Å². The van der Waals surface area contributed by atoms with E-state index in [-0.39, 0.29) is 22.7 Å². The Hall–Kier alpha value is -4.10. The minimum atomic E-state index is -0.650. The number of hydrogen-bond donors (Lipinski definition) is 1. The quantitative estimate of drug-likeness (QED) is 0.287. The van der Waals surface area contributed by atoms with Gasteiger partial charge in [0.15, 0.2) is 12.1 Å². The van der Waals surface area contributed by atoms with Crippen LogP contribution in [0.1, 0.15) is 22.8 Å². The third kappa shape index (κ3) is 4.45. The molecule has 1 amide bonds. The zero-order chi connectivity index (χ0) is 25.1. The molecule has 0 aliphatic carbocycles. The molecule has 0 spiro atoms. The smallest absolute Gasteiger partial charge is 0.356 e. The van der Waals surface area contributed by atoms with Crippen LogP contribution in [-0.2, 0) is 14.3 Å². The highest BCUT2D eigenvalue weighted by Crippen LogP contribution is 2.43. The van der Waals surface area contributed by atoms with Gasteiger partial charge in [0, 0.05) is 17.5 Å². The first-order valence-corrected chi connectivity index (χ1v) is 12.6. The van der Waals surface area contributed by atoms with Crippen molar-refractivity contribution in [3.63, 3.8) is 0 Å². The molecular weight excluding hydrogens is 472 g/mol. The number of nitrogens with zero attached hydrogens (tertiary/aromatic N) is 2. The maximum atomic E-state index is 13.6. The molecule has 7 heteroatoms. The summed E-state index contributed by atoms with van der Waals surface area (Å²) in [6, 6.07) is 25.2. The predicted octanol–water partition coefficient (Wildman–Crippen LogP) is 4.87. The zero-order valence-electron chi connectivity index (χ0n) is 19.4. The van der Waals surface area contributed by atoms with Gasteiger partial charge in [-0.15, -0.1) is 11.8 Å². The number of hydrogen-bond acceptors (Lipinski definition) is 6. The van der Waals surface area contributed by atoms with Crippen molar-refractivity contribution >= 4 is 29.9 Å². The second-order valence-corrected chi connectivity index (χ2v) is 9.48. The largest absolute Gasteiger partial charge is 0.507 e. The number of thioether (sulfide) groups is 1. The third-order valence-electron chi connectivity index (χ3n) is 6.15.